The van der Waals surface area contributed by atoms with Crippen LogP contribution in [-0.2, 0) is 23.2 Å². The molecule has 2 aliphatic rings. The molecule has 1 aromatic carbocycles. The van der Waals surface area contributed by atoms with Crippen LogP contribution in [0.5, 0.6) is 0 Å². The van der Waals surface area contributed by atoms with E-state index in [9.17, 15) is 9.59 Å². The molecule has 4 rings (SSSR count). The van der Waals surface area contributed by atoms with Gasteiger partial charge in [0.25, 0.3) is 5.91 Å². The van der Waals surface area contributed by atoms with Gasteiger partial charge >= 0.3 is 6.03 Å². The van der Waals surface area contributed by atoms with Crippen LogP contribution < -0.4 is 5.32 Å². The van der Waals surface area contributed by atoms with Crippen molar-refractivity contribution in [1.29, 1.82) is 0 Å². The van der Waals surface area contributed by atoms with E-state index in [1.54, 1.807) is 25.4 Å². The Kier molecular flexibility index (Phi) is 3.79. The number of carbonyl (C=O) groups excluding carboxylic acids is 2. The molecule has 1 fully saturated rings. The van der Waals surface area contributed by atoms with Crippen molar-refractivity contribution in [3.63, 3.8) is 0 Å². The number of rotatable bonds is 3. The fourth-order valence-electron chi connectivity index (χ4n) is 3.90. The molecule has 128 valence electrons. The normalized spacial score (nSPS) is 25.6. The second-order valence-corrected chi connectivity index (χ2v) is 7.09. The molecule has 0 bridgehead atoms. The predicted octanol–water partition coefficient (Wildman–Crippen LogP) is 2.65. The third-order valence-corrected chi connectivity index (χ3v) is 5.40. The minimum Gasteiger partial charge on any atom is -0.319 e. The summed E-state index contributed by atoms with van der Waals surface area (Å²) in [6.07, 6.45) is 6.21. The fourth-order valence-corrected chi connectivity index (χ4v) is 3.90. The second-order valence-electron chi connectivity index (χ2n) is 7.09. The molecular formula is C20H21N3O2. The Morgan fingerprint density at radius 3 is 2.76 bits per heavy atom. The van der Waals surface area contributed by atoms with Crippen molar-refractivity contribution in [2.45, 2.75) is 31.7 Å². The highest BCUT2D eigenvalue weighted by Gasteiger charge is 2.49. The lowest BCUT2D eigenvalue weighted by Crippen LogP contribution is -2.41. The number of nitrogens with zero attached hydrogens (tertiary/aromatic N) is 2. The number of urea groups is 1. The van der Waals surface area contributed by atoms with Crippen molar-refractivity contribution in [1.82, 2.24) is 15.2 Å². The van der Waals surface area contributed by atoms with Crippen molar-refractivity contribution in [3.8, 4) is 0 Å². The highest BCUT2D eigenvalue weighted by molar-refractivity contribution is 6.07. The molecule has 2 aromatic rings. The summed E-state index contributed by atoms with van der Waals surface area (Å²) in [5.74, 6) is 0.116. The summed E-state index contributed by atoms with van der Waals surface area (Å²) < 4.78 is 0. The first-order valence-electron chi connectivity index (χ1n) is 8.69. The Hall–Kier alpha value is -2.69. The number of fused-ring (bicyclic) bond motifs is 1. The molecule has 0 saturated carbocycles. The van der Waals surface area contributed by atoms with Crippen LogP contribution in [0, 0.1) is 5.92 Å². The highest BCUT2D eigenvalue weighted by Crippen LogP contribution is 2.31. The van der Waals surface area contributed by atoms with Gasteiger partial charge in [0.1, 0.15) is 5.54 Å². The van der Waals surface area contributed by atoms with Gasteiger partial charge in [-0.1, -0.05) is 30.3 Å². The van der Waals surface area contributed by atoms with Crippen molar-refractivity contribution in [3.05, 3.63) is 65.5 Å². The van der Waals surface area contributed by atoms with E-state index in [2.05, 4.69) is 34.6 Å². The Labute approximate surface area is 147 Å². The van der Waals surface area contributed by atoms with Gasteiger partial charge in [0.15, 0.2) is 0 Å². The molecule has 2 atom stereocenters. The van der Waals surface area contributed by atoms with Gasteiger partial charge in [0, 0.05) is 24.5 Å². The third-order valence-electron chi connectivity index (χ3n) is 5.40. The Bertz CT molecular complexity index is 821. The van der Waals surface area contributed by atoms with Crippen LogP contribution >= 0.6 is 0 Å². The standard InChI is InChI=1S/C20H21N3O2/c1-20(17-7-4-10-21-12-17)18(24)23(19(25)22-20)13-14-8-9-15-5-2-3-6-16(15)11-14/h2-7,10,12,14H,8-9,11,13H2,1H3,(H,22,25). The molecule has 1 aromatic heterocycles. The van der Waals surface area contributed by atoms with Gasteiger partial charge in [-0.05, 0) is 49.3 Å². The van der Waals surface area contributed by atoms with E-state index in [1.165, 1.54) is 16.0 Å². The molecule has 1 saturated heterocycles. The number of pyridine rings is 1. The minimum absolute atomic E-state index is 0.190. The smallest absolute Gasteiger partial charge is 0.319 e. The van der Waals surface area contributed by atoms with Gasteiger partial charge < -0.3 is 5.32 Å². The summed E-state index contributed by atoms with van der Waals surface area (Å²) in [4.78, 5) is 30.9. The summed E-state index contributed by atoms with van der Waals surface area (Å²) >= 11 is 0. The molecule has 25 heavy (non-hydrogen) atoms. The summed E-state index contributed by atoms with van der Waals surface area (Å²) in [5, 5.41) is 2.85. The van der Waals surface area contributed by atoms with Crippen molar-refractivity contribution in [2.75, 3.05) is 6.54 Å². The van der Waals surface area contributed by atoms with Crippen LogP contribution in [0.25, 0.3) is 0 Å². The predicted molar refractivity (Wildman–Crippen MR) is 93.8 cm³/mol. The number of hydrogen-bond acceptors (Lipinski definition) is 3. The first kappa shape index (κ1) is 15.8. The zero-order valence-corrected chi connectivity index (χ0v) is 14.2. The monoisotopic (exact) mass is 335 g/mol. The Morgan fingerprint density at radius 2 is 2.00 bits per heavy atom. The number of carbonyl (C=O) groups is 2. The second kappa shape index (κ2) is 5.99. The fraction of sp³-hybridized carbons (Fsp3) is 0.350. The lowest BCUT2D eigenvalue weighted by Gasteiger charge is -2.28. The molecule has 3 amide bonds. The van der Waals surface area contributed by atoms with Gasteiger partial charge in [-0.3, -0.25) is 14.7 Å². The average molecular weight is 335 g/mol. The maximum absolute atomic E-state index is 13.0. The summed E-state index contributed by atoms with van der Waals surface area (Å²) in [6.45, 7) is 2.22. The maximum atomic E-state index is 13.0. The molecular weight excluding hydrogens is 314 g/mol. The van der Waals surface area contributed by atoms with Crippen LogP contribution in [0.1, 0.15) is 30.0 Å². The van der Waals surface area contributed by atoms with E-state index in [1.807, 2.05) is 6.07 Å². The quantitative estimate of drug-likeness (QED) is 0.877. The minimum atomic E-state index is -1.03. The summed E-state index contributed by atoms with van der Waals surface area (Å²) in [5.41, 5.74) is 2.40. The molecule has 0 radical (unpaired) electrons. The van der Waals surface area contributed by atoms with Gasteiger partial charge in [-0.2, -0.15) is 0 Å². The third kappa shape index (κ3) is 2.69. The largest absolute Gasteiger partial charge is 0.325 e. The van der Waals surface area contributed by atoms with Gasteiger partial charge in [-0.25, -0.2) is 4.79 Å². The van der Waals surface area contributed by atoms with Crippen molar-refractivity contribution < 1.29 is 9.59 Å². The molecule has 1 aliphatic heterocycles. The van der Waals surface area contributed by atoms with Gasteiger partial charge in [-0.15, -0.1) is 0 Å². The van der Waals surface area contributed by atoms with Crippen LogP contribution in [0.4, 0.5) is 4.79 Å². The summed E-state index contributed by atoms with van der Waals surface area (Å²) in [7, 11) is 0. The number of hydrogen-bond donors (Lipinski definition) is 1. The van der Waals surface area contributed by atoms with Crippen molar-refractivity contribution in [2.24, 2.45) is 5.92 Å². The number of imide groups is 1. The summed E-state index contributed by atoms with van der Waals surface area (Å²) in [6, 6.07) is 11.7. The number of benzene rings is 1. The molecule has 1 aliphatic carbocycles. The molecule has 2 heterocycles. The highest BCUT2D eigenvalue weighted by atomic mass is 16.2. The molecule has 5 heteroatoms. The number of amides is 3. The number of aryl methyl sites for hydroxylation is 1. The van der Waals surface area contributed by atoms with E-state index in [0.717, 1.165) is 19.3 Å². The topological polar surface area (TPSA) is 62.3 Å². The maximum Gasteiger partial charge on any atom is 0.325 e. The van der Waals surface area contributed by atoms with Crippen LogP contribution in [0.15, 0.2) is 48.8 Å². The van der Waals surface area contributed by atoms with E-state index < -0.39 is 5.54 Å². The lowest BCUT2D eigenvalue weighted by atomic mass is 9.83. The first-order valence-corrected chi connectivity index (χ1v) is 8.69. The molecule has 1 N–H and O–H groups in total. The lowest BCUT2D eigenvalue weighted by molar-refractivity contribution is -0.131. The Morgan fingerprint density at radius 1 is 1.20 bits per heavy atom. The zero-order chi connectivity index (χ0) is 17.4. The van der Waals surface area contributed by atoms with E-state index in [0.29, 0.717) is 18.0 Å². The zero-order valence-electron chi connectivity index (χ0n) is 14.2. The van der Waals surface area contributed by atoms with Crippen LogP contribution in [0.2, 0.25) is 0 Å². The van der Waals surface area contributed by atoms with Crippen molar-refractivity contribution >= 4 is 11.9 Å². The Balaban J connectivity index is 1.52. The van der Waals surface area contributed by atoms with E-state index in [4.69, 9.17) is 0 Å². The van der Waals surface area contributed by atoms with Crippen LogP contribution in [-0.4, -0.2) is 28.4 Å². The molecule has 5 nitrogen and oxygen atoms in total. The molecule has 2 unspecified atom stereocenters. The first-order chi connectivity index (χ1) is 12.1. The van der Waals surface area contributed by atoms with Crippen LogP contribution in [0.3, 0.4) is 0 Å². The van der Waals surface area contributed by atoms with E-state index >= 15 is 0 Å². The molecule has 0 spiro atoms. The average Bonchev–Trinajstić information content (AvgIpc) is 2.86. The van der Waals surface area contributed by atoms with Gasteiger partial charge in [0.2, 0.25) is 0 Å². The van der Waals surface area contributed by atoms with Gasteiger partial charge in [0.05, 0.1) is 0 Å². The number of nitrogens with one attached hydrogen (secondary N) is 1. The number of aromatic nitrogens is 1. The SMILES string of the molecule is CC1(c2cccnc2)NC(=O)N(CC2CCc3ccccc3C2)C1=O. The van der Waals surface area contributed by atoms with E-state index in [-0.39, 0.29) is 11.9 Å².